The molecule has 0 heterocycles. The van der Waals surface area contributed by atoms with Crippen molar-refractivity contribution in [1.29, 1.82) is 0 Å². The Hall–Kier alpha value is -2.67. The van der Waals surface area contributed by atoms with Gasteiger partial charge in [0, 0.05) is 18.7 Å². The lowest BCUT2D eigenvalue weighted by atomic mass is 10.1. The fourth-order valence-electron chi connectivity index (χ4n) is 2.33. The van der Waals surface area contributed by atoms with Crippen LogP contribution in [0.2, 0.25) is 0 Å². The molecule has 0 aliphatic heterocycles. The van der Waals surface area contributed by atoms with Crippen molar-refractivity contribution >= 4 is 47.2 Å². The van der Waals surface area contributed by atoms with Crippen LogP contribution in [0, 0.1) is 0 Å². The van der Waals surface area contributed by atoms with Crippen molar-refractivity contribution in [2.24, 2.45) is 5.73 Å². The smallest absolute Gasteiger partial charge is 0.322 e. The molecule has 0 aromatic carbocycles. The van der Waals surface area contributed by atoms with Crippen molar-refractivity contribution < 1.29 is 39.0 Å². The Morgan fingerprint density at radius 2 is 1.69 bits per heavy atom. The Bertz CT molecular complexity index is 674. The Labute approximate surface area is 190 Å². The predicted octanol–water partition coefficient (Wildman–Crippen LogP) is -1.14. The summed E-state index contributed by atoms with van der Waals surface area (Å²) >= 11 is 0.927. The third-order valence-electron chi connectivity index (χ3n) is 4.15. The van der Waals surface area contributed by atoms with Gasteiger partial charge in [-0.1, -0.05) is 26.2 Å². The van der Waals surface area contributed by atoms with Crippen LogP contribution in [-0.2, 0) is 28.8 Å². The molecular weight excluding hydrogens is 444 g/mol. The SMILES string of the molecule is CCCCCCNC(=O)C(=O)CSCC(NC(=O)CCC(N)C(=O)O)C(=O)NCC(=O)O. The van der Waals surface area contributed by atoms with E-state index < -0.39 is 54.1 Å². The lowest BCUT2D eigenvalue weighted by Gasteiger charge is -2.18. The lowest BCUT2D eigenvalue weighted by molar-refractivity contribution is -0.139. The number of nitrogens with two attached hydrogens (primary N) is 1. The van der Waals surface area contributed by atoms with E-state index in [1.165, 1.54) is 0 Å². The van der Waals surface area contributed by atoms with E-state index in [1.807, 2.05) is 0 Å². The Morgan fingerprint density at radius 3 is 2.28 bits per heavy atom. The summed E-state index contributed by atoms with van der Waals surface area (Å²) in [6, 6.07) is -2.43. The van der Waals surface area contributed by atoms with E-state index in [0.29, 0.717) is 6.54 Å². The van der Waals surface area contributed by atoms with Crippen molar-refractivity contribution in [3.63, 3.8) is 0 Å². The highest BCUT2D eigenvalue weighted by molar-refractivity contribution is 8.00. The van der Waals surface area contributed by atoms with Gasteiger partial charge in [-0.3, -0.25) is 28.8 Å². The highest BCUT2D eigenvalue weighted by Crippen LogP contribution is 2.06. The second kappa shape index (κ2) is 17.0. The first kappa shape index (κ1) is 29.3. The molecule has 0 spiro atoms. The van der Waals surface area contributed by atoms with E-state index in [-0.39, 0.29) is 24.3 Å². The number of carboxylic acid groups (broad SMARTS) is 2. The lowest BCUT2D eigenvalue weighted by Crippen LogP contribution is -2.49. The summed E-state index contributed by atoms with van der Waals surface area (Å²) in [5.41, 5.74) is 5.33. The van der Waals surface area contributed by atoms with Crippen molar-refractivity contribution in [2.75, 3.05) is 24.6 Å². The number of rotatable bonds is 18. The average Bonchev–Trinajstić information content (AvgIpc) is 2.74. The number of aliphatic carboxylic acids is 2. The number of amides is 3. The molecule has 0 aliphatic carbocycles. The van der Waals surface area contributed by atoms with Crippen LogP contribution < -0.4 is 21.7 Å². The molecule has 0 rings (SSSR count). The molecule has 182 valence electrons. The number of unbranched alkanes of at least 4 members (excludes halogenated alkanes) is 3. The molecule has 12 nitrogen and oxygen atoms in total. The van der Waals surface area contributed by atoms with Crippen LogP contribution in [0.25, 0.3) is 0 Å². The topological polar surface area (TPSA) is 205 Å². The van der Waals surface area contributed by atoms with Gasteiger partial charge in [-0.2, -0.15) is 11.8 Å². The zero-order valence-electron chi connectivity index (χ0n) is 18.1. The third-order valence-corrected chi connectivity index (χ3v) is 5.19. The van der Waals surface area contributed by atoms with Crippen LogP contribution in [-0.4, -0.2) is 82.3 Å². The fraction of sp³-hybridized carbons (Fsp3) is 0.684. The van der Waals surface area contributed by atoms with E-state index in [1.54, 1.807) is 0 Å². The zero-order valence-corrected chi connectivity index (χ0v) is 18.9. The third kappa shape index (κ3) is 14.4. The Morgan fingerprint density at radius 1 is 1.00 bits per heavy atom. The van der Waals surface area contributed by atoms with Gasteiger partial charge in [0.1, 0.15) is 18.6 Å². The largest absolute Gasteiger partial charge is 0.480 e. The second-order valence-electron chi connectivity index (χ2n) is 6.97. The van der Waals surface area contributed by atoms with Crippen LogP contribution in [0.5, 0.6) is 0 Å². The van der Waals surface area contributed by atoms with E-state index in [9.17, 15) is 28.8 Å². The van der Waals surface area contributed by atoms with Gasteiger partial charge in [0.2, 0.25) is 17.6 Å². The summed E-state index contributed by atoms with van der Waals surface area (Å²) in [7, 11) is 0. The number of thioether (sulfide) groups is 1. The number of hydrogen-bond donors (Lipinski definition) is 6. The van der Waals surface area contributed by atoms with Gasteiger partial charge in [-0.05, 0) is 12.8 Å². The van der Waals surface area contributed by atoms with Crippen LogP contribution >= 0.6 is 11.8 Å². The summed E-state index contributed by atoms with van der Waals surface area (Å²) in [6.07, 6.45) is 3.38. The molecule has 0 bridgehead atoms. The molecule has 3 amide bonds. The van der Waals surface area contributed by atoms with Gasteiger partial charge in [-0.25, -0.2) is 0 Å². The summed E-state index contributed by atoms with van der Waals surface area (Å²) in [5, 5.41) is 24.5. The molecule has 2 atom stereocenters. The van der Waals surface area contributed by atoms with E-state index in [4.69, 9.17) is 15.9 Å². The quantitative estimate of drug-likeness (QED) is 0.104. The second-order valence-corrected chi connectivity index (χ2v) is 8.00. The molecular formula is C19H32N4O8S. The Kier molecular flexibility index (Phi) is 15.5. The van der Waals surface area contributed by atoms with Crippen LogP contribution in [0.3, 0.4) is 0 Å². The monoisotopic (exact) mass is 476 g/mol. The molecule has 0 fully saturated rings. The van der Waals surface area contributed by atoms with Crippen LogP contribution in [0.1, 0.15) is 45.4 Å². The minimum atomic E-state index is -1.28. The van der Waals surface area contributed by atoms with Gasteiger partial charge < -0.3 is 31.9 Å². The number of ketones is 1. The Balaban J connectivity index is 4.62. The molecule has 0 saturated heterocycles. The summed E-state index contributed by atoms with van der Waals surface area (Å²) in [4.78, 5) is 69.3. The highest BCUT2D eigenvalue weighted by Gasteiger charge is 2.23. The van der Waals surface area contributed by atoms with Gasteiger partial charge in [0.15, 0.2) is 0 Å². The molecule has 0 radical (unpaired) electrons. The molecule has 32 heavy (non-hydrogen) atoms. The maximum Gasteiger partial charge on any atom is 0.322 e. The van der Waals surface area contributed by atoms with Gasteiger partial charge in [0.25, 0.3) is 5.91 Å². The van der Waals surface area contributed by atoms with E-state index in [0.717, 1.165) is 37.4 Å². The summed E-state index contributed by atoms with van der Waals surface area (Å²) in [6.45, 7) is 1.78. The average molecular weight is 477 g/mol. The zero-order chi connectivity index (χ0) is 24.5. The molecule has 0 aliphatic rings. The van der Waals surface area contributed by atoms with Gasteiger partial charge in [-0.15, -0.1) is 0 Å². The number of Topliss-reactive ketones (excluding diaryl/α,β-unsaturated/α-hetero) is 1. The first-order valence-corrected chi connectivity index (χ1v) is 11.4. The van der Waals surface area contributed by atoms with Gasteiger partial charge >= 0.3 is 11.9 Å². The van der Waals surface area contributed by atoms with Crippen LogP contribution in [0.4, 0.5) is 0 Å². The number of carbonyl (C=O) groups excluding carboxylic acids is 4. The number of carboxylic acids is 2. The number of hydrogen-bond acceptors (Lipinski definition) is 8. The van der Waals surface area contributed by atoms with Crippen molar-refractivity contribution in [3.8, 4) is 0 Å². The van der Waals surface area contributed by atoms with Crippen LogP contribution in [0.15, 0.2) is 0 Å². The van der Waals surface area contributed by atoms with Crippen molar-refractivity contribution in [2.45, 2.75) is 57.5 Å². The summed E-state index contributed by atoms with van der Waals surface area (Å²) < 4.78 is 0. The molecule has 2 unspecified atom stereocenters. The summed E-state index contributed by atoms with van der Waals surface area (Å²) in [5.74, 6) is -5.75. The molecule has 13 heteroatoms. The van der Waals surface area contributed by atoms with E-state index in [2.05, 4.69) is 22.9 Å². The molecule has 0 aromatic rings. The predicted molar refractivity (Wildman–Crippen MR) is 117 cm³/mol. The highest BCUT2D eigenvalue weighted by atomic mass is 32.2. The van der Waals surface area contributed by atoms with Gasteiger partial charge in [0.05, 0.1) is 5.75 Å². The normalized spacial score (nSPS) is 12.3. The number of carbonyl (C=O) groups is 6. The molecule has 0 aromatic heterocycles. The fourth-order valence-corrected chi connectivity index (χ4v) is 3.24. The molecule has 0 saturated carbocycles. The first-order chi connectivity index (χ1) is 15.1. The van der Waals surface area contributed by atoms with Crippen molar-refractivity contribution in [3.05, 3.63) is 0 Å². The maximum absolute atomic E-state index is 12.2. The standard InChI is InChI=1S/C19H32N4O8S/c1-2-3-4-5-8-21-18(29)14(24)11-32-10-13(17(28)22-9-16(26)27)23-15(25)7-6-12(20)19(30)31/h12-13H,2-11,20H2,1H3,(H,21,29)(H,22,28)(H,23,25)(H,26,27)(H,30,31). The minimum absolute atomic E-state index is 0.0995. The maximum atomic E-state index is 12.2. The number of nitrogens with one attached hydrogen (secondary N) is 3. The molecule has 7 N–H and O–H groups in total. The van der Waals surface area contributed by atoms with Crippen molar-refractivity contribution in [1.82, 2.24) is 16.0 Å². The minimum Gasteiger partial charge on any atom is -0.480 e. The van der Waals surface area contributed by atoms with E-state index >= 15 is 0 Å². The first-order valence-electron chi connectivity index (χ1n) is 10.2.